The standard InChI is InChI=1S/C24H27N3O3/c1-17(26(15-16-30-2)23(28)18-9-8-10-18)22-25-21-14-7-6-13-20(21)24(29)27(22)19-11-4-3-5-12-19/h3-7,11-14,17-18H,8-10,15-16H2,1-2H3. The molecule has 1 aliphatic carbocycles. The molecular formula is C24H27N3O3. The first-order chi connectivity index (χ1) is 14.6. The first-order valence-corrected chi connectivity index (χ1v) is 10.5. The van der Waals surface area contributed by atoms with Gasteiger partial charge in [0.25, 0.3) is 5.56 Å². The zero-order chi connectivity index (χ0) is 21.1. The molecule has 0 bridgehead atoms. The molecule has 0 N–H and O–H groups in total. The highest BCUT2D eigenvalue weighted by molar-refractivity contribution is 5.80. The number of hydrogen-bond donors (Lipinski definition) is 0. The maximum atomic E-state index is 13.5. The molecule has 1 saturated carbocycles. The van der Waals surface area contributed by atoms with Gasteiger partial charge in [-0.1, -0.05) is 36.8 Å². The summed E-state index contributed by atoms with van der Waals surface area (Å²) in [5.74, 6) is 0.739. The normalized spacial score (nSPS) is 15.0. The van der Waals surface area contributed by atoms with Gasteiger partial charge in [-0.15, -0.1) is 0 Å². The number of hydrogen-bond acceptors (Lipinski definition) is 4. The number of fused-ring (bicyclic) bond motifs is 1. The molecule has 4 rings (SSSR count). The molecule has 0 aliphatic heterocycles. The van der Waals surface area contributed by atoms with Crippen LogP contribution in [0.25, 0.3) is 16.6 Å². The molecule has 1 unspecified atom stereocenters. The second-order valence-electron chi connectivity index (χ2n) is 7.79. The lowest BCUT2D eigenvalue weighted by Gasteiger charge is -2.35. The van der Waals surface area contributed by atoms with E-state index in [4.69, 9.17) is 9.72 Å². The van der Waals surface area contributed by atoms with E-state index in [1.54, 1.807) is 17.7 Å². The summed E-state index contributed by atoms with van der Waals surface area (Å²) in [6.45, 7) is 2.85. The van der Waals surface area contributed by atoms with Crippen molar-refractivity contribution in [1.29, 1.82) is 0 Å². The lowest BCUT2D eigenvalue weighted by molar-refractivity contribution is -0.141. The van der Waals surface area contributed by atoms with Crippen LogP contribution < -0.4 is 5.56 Å². The highest BCUT2D eigenvalue weighted by Gasteiger charge is 2.33. The van der Waals surface area contributed by atoms with Gasteiger partial charge in [-0.05, 0) is 44.0 Å². The topological polar surface area (TPSA) is 64.4 Å². The largest absolute Gasteiger partial charge is 0.383 e. The molecule has 1 fully saturated rings. The summed E-state index contributed by atoms with van der Waals surface area (Å²) in [6.07, 6.45) is 2.93. The number of nitrogens with zero attached hydrogens (tertiary/aromatic N) is 3. The van der Waals surface area contributed by atoms with Crippen LogP contribution in [0.3, 0.4) is 0 Å². The van der Waals surface area contributed by atoms with Crippen molar-refractivity contribution in [3.63, 3.8) is 0 Å². The Bertz CT molecular complexity index is 1090. The molecule has 0 radical (unpaired) electrons. The number of carbonyl (C=O) groups is 1. The summed E-state index contributed by atoms with van der Waals surface area (Å²) in [5, 5.41) is 0.561. The third kappa shape index (κ3) is 3.75. The molecule has 6 nitrogen and oxygen atoms in total. The Balaban J connectivity index is 1.86. The number of aromatic nitrogens is 2. The van der Waals surface area contributed by atoms with Crippen molar-refractivity contribution in [2.24, 2.45) is 5.92 Å². The van der Waals surface area contributed by atoms with Crippen LogP contribution in [0.15, 0.2) is 59.4 Å². The van der Waals surface area contributed by atoms with E-state index in [1.165, 1.54) is 0 Å². The number of methoxy groups -OCH3 is 1. The summed E-state index contributed by atoms with van der Waals surface area (Å²) in [5.41, 5.74) is 1.25. The molecule has 1 aliphatic rings. The minimum atomic E-state index is -0.370. The fraction of sp³-hybridized carbons (Fsp3) is 0.375. The Morgan fingerprint density at radius 3 is 2.53 bits per heavy atom. The van der Waals surface area contributed by atoms with Crippen molar-refractivity contribution in [2.75, 3.05) is 20.3 Å². The Morgan fingerprint density at radius 2 is 1.87 bits per heavy atom. The molecule has 1 amide bonds. The van der Waals surface area contributed by atoms with E-state index in [2.05, 4.69) is 0 Å². The van der Waals surface area contributed by atoms with Crippen LogP contribution in [0.2, 0.25) is 0 Å². The van der Waals surface area contributed by atoms with Crippen LogP contribution in [0, 0.1) is 5.92 Å². The lowest BCUT2D eigenvalue weighted by atomic mass is 9.84. The van der Waals surface area contributed by atoms with Crippen molar-refractivity contribution in [2.45, 2.75) is 32.2 Å². The molecule has 1 atom stereocenters. The maximum Gasteiger partial charge on any atom is 0.266 e. The van der Waals surface area contributed by atoms with Gasteiger partial charge in [-0.25, -0.2) is 4.98 Å². The average molecular weight is 405 g/mol. The van der Waals surface area contributed by atoms with E-state index < -0.39 is 0 Å². The Kier molecular flexibility index (Phi) is 5.95. The smallest absolute Gasteiger partial charge is 0.266 e. The van der Waals surface area contributed by atoms with Gasteiger partial charge in [0.15, 0.2) is 0 Å². The second kappa shape index (κ2) is 8.79. The van der Waals surface area contributed by atoms with Crippen LogP contribution in [0.4, 0.5) is 0 Å². The molecule has 6 heteroatoms. The molecule has 2 aromatic carbocycles. The van der Waals surface area contributed by atoms with Gasteiger partial charge in [0, 0.05) is 19.6 Å². The van der Waals surface area contributed by atoms with Crippen molar-refractivity contribution < 1.29 is 9.53 Å². The van der Waals surface area contributed by atoms with Gasteiger partial charge < -0.3 is 9.64 Å². The van der Waals surface area contributed by atoms with Crippen LogP contribution in [-0.2, 0) is 9.53 Å². The van der Waals surface area contributed by atoms with Crippen LogP contribution in [-0.4, -0.2) is 40.6 Å². The van der Waals surface area contributed by atoms with Crippen molar-refractivity contribution in [3.8, 4) is 5.69 Å². The van der Waals surface area contributed by atoms with Gasteiger partial charge in [0.05, 0.1) is 29.2 Å². The first-order valence-electron chi connectivity index (χ1n) is 10.5. The van der Waals surface area contributed by atoms with Crippen LogP contribution >= 0.6 is 0 Å². The molecule has 1 heterocycles. The SMILES string of the molecule is COCCN(C(=O)C1CCC1)C(C)c1nc2ccccc2c(=O)n1-c1ccccc1. The molecule has 3 aromatic rings. The Labute approximate surface area is 176 Å². The van der Waals surface area contributed by atoms with E-state index in [1.807, 2.05) is 60.4 Å². The predicted molar refractivity (Wildman–Crippen MR) is 117 cm³/mol. The van der Waals surface area contributed by atoms with Gasteiger partial charge >= 0.3 is 0 Å². The molecule has 0 saturated heterocycles. The molecule has 30 heavy (non-hydrogen) atoms. The minimum absolute atomic E-state index is 0.0571. The van der Waals surface area contributed by atoms with E-state index >= 15 is 0 Å². The third-order valence-electron chi connectivity index (χ3n) is 5.93. The third-order valence-corrected chi connectivity index (χ3v) is 5.93. The summed E-state index contributed by atoms with van der Waals surface area (Å²) < 4.78 is 6.91. The summed E-state index contributed by atoms with van der Waals surface area (Å²) >= 11 is 0. The summed E-state index contributed by atoms with van der Waals surface area (Å²) in [4.78, 5) is 33.3. The van der Waals surface area contributed by atoms with Gasteiger partial charge in [0.2, 0.25) is 5.91 Å². The van der Waals surface area contributed by atoms with Crippen molar-refractivity contribution in [1.82, 2.24) is 14.5 Å². The first kappa shape index (κ1) is 20.3. The average Bonchev–Trinajstić information content (AvgIpc) is 2.73. The molecule has 156 valence electrons. The van der Waals surface area contributed by atoms with Crippen molar-refractivity contribution >= 4 is 16.8 Å². The van der Waals surface area contributed by atoms with E-state index in [-0.39, 0.29) is 23.4 Å². The molecule has 0 spiro atoms. The number of benzene rings is 2. The van der Waals surface area contributed by atoms with E-state index in [0.717, 1.165) is 24.9 Å². The van der Waals surface area contributed by atoms with Crippen LogP contribution in [0.1, 0.15) is 38.1 Å². The maximum absolute atomic E-state index is 13.5. The van der Waals surface area contributed by atoms with Gasteiger partial charge in [-0.3, -0.25) is 14.2 Å². The fourth-order valence-corrected chi connectivity index (χ4v) is 3.97. The molecular weight excluding hydrogens is 378 g/mol. The summed E-state index contributed by atoms with van der Waals surface area (Å²) in [6, 6.07) is 16.5. The Hall–Kier alpha value is -2.99. The predicted octanol–water partition coefficient (Wildman–Crippen LogP) is 3.72. The monoisotopic (exact) mass is 405 g/mol. The Morgan fingerprint density at radius 1 is 1.17 bits per heavy atom. The van der Waals surface area contributed by atoms with E-state index in [9.17, 15) is 9.59 Å². The lowest BCUT2D eigenvalue weighted by Crippen LogP contribution is -2.43. The number of rotatable bonds is 7. The fourth-order valence-electron chi connectivity index (χ4n) is 3.97. The zero-order valence-corrected chi connectivity index (χ0v) is 17.5. The summed E-state index contributed by atoms with van der Waals surface area (Å²) in [7, 11) is 1.63. The second-order valence-corrected chi connectivity index (χ2v) is 7.79. The highest BCUT2D eigenvalue weighted by atomic mass is 16.5. The quantitative estimate of drug-likeness (QED) is 0.601. The number of para-hydroxylation sites is 2. The van der Waals surface area contributed by atoms with Gasteiger partial charge in [0.1, 0.15) is 5.82 Å². The highest BCUT2D eigenvalue weighted by Crippen LogP contribution is 2.32. The van der Waals surface area contributed by atoms with Gasteiger partial charge in [-0.2, -0.15) is 0 Å². The van der Waals surface area contributed by atoms with Crippen LogP contribution in [0.5, 0.6) is 0 Å². The van der Waals surface area contributed by atoms with Crippen molar-refractivity contribution in [3.05, 3.63) is 70.8 Å². The number of carbonyl (C=O) groups excluding carboxylic acids is 1. The number of amides is 1. The van der Waals surface area contributed by atoms with E-state index in [0.29, 0.717) is 29.9 Å². The minimum Gasteiger partial charge on any atom is -0.383 e. The zero-order valence-electron chi connectivity index (χ0n) is 17.5. The number of ether oxygens (including phenoxy) is 1. The molecule has 1 aromatic heterocycles.